The monoisotopic (exact) mass is 394 g/mol. The quantitative estimate of drug-likeness (QED) is 0.555. The number of carbonyl (C=O) groups is 1. The molecule has 0 spiro atoms. The van der Waals surface area contributed by atoms with Gasteiger partial charge in [0.2, 0.25) is 17.8 Å². The first-order valence-electron chi connectivity index (χ1n) is 8.45. The molecule has 0 aliphatic carbocycles. The molecular weight excluding hydrogens is 372 g/mol. The van der Waals surface area contributed by atoms with E-state index in [2.05, 4.69) is 44.7 Å². The van der Waals surface area contributed by atoms with Gasteiger partial charge in [-0.1, -0.05) is 42.4 Å². The number of carbonyl (C=O) groups excluding carboxylic acids is 1. The van der Waals surface area contributed by atoms with Gasteiger partial charge in [-0.2, -0.15) is 15.0 Å². The Bertz CT molecular complexity index is 745. The molecule has 3 N–H and O–H groups in total. The Morgan fingerprint density at radius 1 is 1.19 bits per heavy atom. The van der Waals surface area contributed by atoms with E-state index in [-0.39, 0.29) is 17.7 Å². The van der Waals surface area contributed by atoms with Crippen LogP contribution in [-0.4, -0.2) is 39.2 Å². The van der Waals surface area contributed by atoms with Crippen LogP contribution in [0.1, 0.15) is 27.2 Å². The van der Waals surface area contributed by atoms with Crippen molar-refractivity contribution in [2.24, 2.45) is 0 Å². The van der Waals surface area contributed by atoms with Gasteiger partial charge in [0.25, 0.3) is 0 Å². The van der Waals surface area contributed by atoms with E-state index in [1.165, 1.54) is 11.8 Å². The van der Waals surface area contributed by atoms with Crippen LogP contribution < -0.4 is 16.0 Å². The van der Waals surface area contributed by atoms with Crippen molar-refractivity contribution in [1.82, 2.24) is 15.0 Å². The molecule has 9 heteroatoms. The summed E-state index contributed by atoms with van der Waals surface area (Å²) >= 11 is 7.30. The maximum atomic E-state index is 12.2. The van der Waals surface area contributed by atoms with Gasteiger partial charge < -0.3 is 16.0 Å². The third-order valence-electron chi connectivity index (χ3n) is 3.42. The van der Waals surface area contributed by atoms with Crippen LogP contribution >= 0.6 is 23.4 Å². The summed E-state index contributed by atoms with van der Waals surface area (Å²) in [6, 6.07) is 7.35. The van der Waals surface area contributed by atoms with Crippen LogP contribution in [-0.2, 0) is 4.79 Å². The Morgan fingerprint density at radius 2 is 1.92 bits per heavy atom. The SMILES string of the molecule is CCNc1nc(N[C@@H](C)CC)nc(SCC(=O)Nc2ccccc2Cl)n1. The van der Waals surface area contributed by atoms with Crippen LogP contribution in [0.3, 0.4) is 0 Å². The van der Waals surface area contributed by atoms with Gasteiger partial charge in [0.15, 0.2) is 5.16 Å². The largest absolute Gasteiger partial charge is 0.354 e. The second-order valence-corrected chi connectivity index (χ2v) is 6.92. The number of aromatic nitrogens is 3. The Kier molecular flexibility index (Phi) is 7.93. The fourth-order valence-electron chi connectivity index (χ4n) is 1.92. The van der Waals surface area contributed by atoms with Gasteiger partial charge in [0, 0.05) is 12.6 Å². The second-order valence-electron chi connectivity index (χ2n) is 5.57. The van der Waals surface area contributed by atoms with Crippen molar-refractivity contribution in [3.05, 3.63) is 29.3 Å². The summed E-state index contributed by atoms with van der Waals surface area (Å²) < 4.78 is 0. The molecule has 1 aromatic heterocycles. The van der Waals surface area contributed by atoms with Gasteiger partial charge in [0.05, 0.1) is 16.5 Å². The maximum absolute atomic E-state index is 12.2. The number of halogens is 1. The molecule has 0 saturated heterocycles. The normalized spacial score (nSPS) is 11.7. The van der Waals surface area contributed by atoms with Gasteiger partial charge in [0.1, 0.15) is 0 Å². The minimum absolute atomic E-state index is 0.170. The number of amides is 1. The Hall–Kier alpha value is -2.06. The number of nitrogens with zero attached hydrogens (tertiary/aromatic N) is 3. The lowest BCUT2D eigenvalue weighted by Gasteiger charge is -2.13. The van der Waals surface area contributed by atoms with Crippen LogP contribution in [0, 0.1) is 0 Å². The van der Waals surface area contributed by atoms with Crippen LogP contribution in [0.2, 0.25) is 5.02 Å². The first-order valence-corrected chi connectivity index (χ1v) is 9.81. The first-order chi connectivity index (χ1) is 12.5. The summed E-state index contributed by atoms with van der Waals surface area (Å²) in [5, 5.41) is 10.1. The molecule has 26 heavy (non-hydrogen) atoms. The molecule has 0 aliphatic heterocycles. The third kappa shape index (κ3) is 6.34. The zero-order valence-electron chi connectivity index (χ0n) is 15.0. The fourth-order valence-corrected chi connectivity index (χ4v) is 2.74. The van der Waals surface area contributed by atoms with Crippen molar-refractivity contribution in [3.63, 3.8) is 0 Å². The molecule has 0 radical (unpaired) electrons. The second kappa shape index (κ2) is 10.2. The lowest BCUT2D eigenvalue weighted by molar-refractivity contribution is -0.113. The van der Waals surface area contributed by atoms with Crippen LogP contribution in [0.5, 0.6) is 0 Å². The van der Waals surface area contributed by atoms with Crippen molar-refractivity contribution in [2.45, 2.75) is 38.4 Å². The lowest BCUT2D eigenvalue weighted by atomic mass is 10.3. The number of rotatable bonds is 9. The number of thioether (sulfide) groups is 1. The number of para-hydroxylation sites is 1. The van der Waals surface area contributed by atoms with Gasteiger partial charge in [-0.3, -0.25) is 4.79 Å². The first kappa shape index (κ1) is 20.3. The average Bonchev–Trinajstić information content (AvgIpc) is 2.62. The van der Waals surface area contributed by atoms with Gasteiger partial charge >= 0.3 is 0 Å². The molecule has 0 aliphatic rings. The smallest absolute Gasteiger partial charge is 0.234 e. The van der Waals surface area contributed by atoms with Crippen molar-refractivity contribution in [3.8, 4) is 0 Å². The van der Waals surface area contributed by atoms with E-state index in [1.807, 2.05) is 19.1 Å². The molecule has 2 rings (SSSR count). The van der Waals surface area contributed by atoms with Crippen molar-refractivity contribution in [1.29, 1.82) is 0 Å². The molecule has 0 bridgehead atoms. The van der Waals surface area contributed by atoms with Crippen molar-refractivity contribution in [2.75, 3.05) is 28.2 Å². The highest BCUT2D eigenvalue weighted by molar-refractivity contribution is 7.99. The minimum atomic E-state index is -0.176. The molecular formula is C17H23ClN6OS. The number of anilines is 3. The summed E-state index contributed by atoms with van der Waals surface area (Å²) in [6.07, 6.45) is 0.949. The topological polar surface area (TPSA) is 91.8 Å². The molecule has 1 atom stereocenters. The van der Waals surface area contributed by atoms with E-state index in [0.717, 1.165) is 6.42 Å². The third-order valence-corrected chi connectivity index (χ3v) is 4.59. The minimum Gasteiger partial charge on any atom is -0.354 e. The Balaban J connectivity index is 2.02. The lowest BCUT2D eigenvalue weighted by Crippen LogP contribution is -2.18. The zero-order valence-corrected chi connectivity index (χ0v) is 16.6. The van der Waals surface area contributed by atoms with Crippen LogP contribution in [0.4, 0.5) is 17.6 Å². The molecule has 7 nitrogen and oxygen atoms in total. The molecule has 0 unspecified atom stereocenters. The highest BCUT2D eigenvalue weighted by Crippen LogP contribution is 2.22. The molecule has 140 valence electrons. The van der Waals surface area contributed by atoms with Gasteiger partial charge in [-0.05, 0) is 32.4 Å². The molecule has 1 heterocycles. The zero-order chi connectivity index (χ0) is 18.9. The summed E-state index contributed by atoms with van der Waals surface area (Å²) in [5.41, 5.74) is 0.586. The van der Waals surface area contributed by atoms with E-state index in [4.69, 9.17) is 11.6 Å². The van der Waals surface area contributed by atoms with E-state index in [9.17, 15) is 4.79 Å². The highest BCUT2D eigenvalue weighted by atomic mass is 35.5. The number of benzene rings is 1. The van der Waals surface area contributed by atoms with Crippen LogP contribution in [0.25, 0.3) is 0 Å². The summed E-state index contributed by atoms with van der Waals surface area (Å²) in [6.45, 7) is 6.80. The average molecular weight is 395 g/mol. The van der Waals surface area contributed by atoms with E-state index >= 15 is 0 Å². The Labute approximate surface area is 162 Å². The molecule has 0 saturated carbocycles. The van der Waals surface area contributed by atoms with Crippen molar-refractivity contribution < 1.29 is 4.79 Å². The molecule has 2 aromatic rings. The summed E-state index contributed by atoms with van der Waals surface area (Å²) in [7, 11) is 0. The van der Waals surface area contributed by atoms with Gasteiger partial charge in [-0.15, -0.1) is 0 Å². The fraction of sp³-hybridized carbons (Fsp3) is 0.412. The Morgan fingerprint density at radius 3 is 2.62 bits per heavy atom. The van der Waals surface area contributed by atoms with E-state index in [0.29, 0.717) is 34.3 Å². The molecule has 1 amide bonds. The highest BCUT2D eigenvalue weighted by Gasteiger charge is 2.11. The van der Waals surface area contributed by atoms with Crippen molar-refractivity contribution >= 4 is 46.9 Å². The van der Waals surface area contributed by atoms with E-state index < -0.39 is 0 Å². The molecule has 0 fully saturated rings. The van der Waals surface area contributed by atoms with Gasteiger partial charge in [-0.25, -0.2) is 0 Å². The predicted octanol–water partition coefficient (Wildman–Crippen LogP) is 3.90. The predicted molar refractivity (Wildman–Crippen MR) is 108 cm³/mol. The number of hydrogen-bond acceptors (Lipinski definition) is 7. The maximum Gasteiger partial charge on any atom is 0.234 e. The van der Waals surface area contributed by atoms with Crippen LogP contribution in [0.15, 0.2) is 29.4 Å². The summed E-state index contributed by atoms with van der Waals surface area (Å²) in [5.74, 6) is 0.982. The summed E-state index contributed by atoms with van der Waals surface area (Å²) in [4.78, 5) is 25.2. The number of nitrogens with one attached hydrogen (secondary N) is 3. The number of hydrogen-bond donors (Lipinski definition) is 3. The van der Waals surface area contributed by atoms with E-state index in [1.54, 1.807) is 12.1 Å². The standard InChI is InChI=1S/C17H23ClN6OS/c1-4-11(3)20-16-22-15(19-5-2)23-17(24-16)26-10-14(25)21-13-9-7-6-8-12(13)18/h6-9,11H,4-5,10H2,1-3H3,(H,21,25)(H2,19,20,22,23,24)/t11-/m0/s1. The molecule has 1 aromatic carbocycles.